The SMILES string of the molecule is CC[O+](CC)CC.CC[O+](CC)CC.CC[O+](CC)CC.CC[O+](CC)CC.CC[O+](CC)CC.CC[O+](CC)CC.O=[PH]([O-])F.O=[PH]([O-])F.O=[PH]([O-])F.O=[PH]([O-])F.O=[PH]([O-])F.O=[PH]([O-])F. The van der Waals surface area contributed by atoms with E-state index < -0.39 is 50.0 Å². The Morgan fingerprint density at radius 1 is 0.212 bits per heavy atom. The third-order valence-electron chi connectivity index (χ3n) is 7.35. The molecule has 0 aliphatic rings. The Bertz CT molecular complexity index is 704. The van der Waals surface area contributed by atoms with Gasteiger partial charge in [-0.2, -0.15) is 0 Å². The molecule has 0 N–H and O–H groups in total. The van der Waals surface area contributed by atoms with Crippen molar-refractivity contribution in [2.45, 2.75) is 125 Å². The number of halogens is 6. The monoisotopic (exact) mass is 1120 g/mol. The highest BCUT2D eigenvalue weighted by atomic mass is 31.2. The molecule has 6 atom stereocenters. The molecule has 0 heterocycles. The zero-order valence-electron chi connectivity index (χ0n) is 43.3. The van der Waals surface area contributed by atoms with Crippen LogP contribution in [0.2, 0.25) is 0 Å². The number of hydrogen-bond donors (Lipinski definition) is 0. The molecule has 420 valence electrons. The lowest BCUT2D eigenvalue weighted by molar-refractivity contribution is -0.175. The molecule has 0 bridgehead atoms. The molecule has 6 unspecified atom stereocenters. The maximum absolute atomic E-state index is 9.99. The van der Waals surface area contributed by atoms with Gasteiger partial charge in [0.25, 0.3) is 0 Å². The van der Waals surface area contributed by atoms with Gasteiger partial charge in [0.1, 0.15) is 119 Å². The van der Waals surface area contributed by atoms with E-state index in [1.54, 1.807) is 0 Å². The van der Waals surface area contributed by atoms with Crippen LogP contribution in [0.15, 0.2) is 0 Å². The Morgan fingerprint density at radius 3 is 0.242 bits per heavy atom. The first-order valence-corrected chi connectivity index (χ1v) is 28.7. The fourth-order valence-corrected chi connectivity index (χ4v) is 3.67. The fraction of sp³-hybridized carbons (Fsp3) is 1.00. The highest BCUT2D eigenvalue weighted by Gasteiger charge is 1.97. The predicted molar refractivity (Wildman–Crippen MR) is 257 cm³/mol. The largest absolute Gasteiger partial charge is 0.777 e. The zero-order chi connectivity index (χ0) is 55.7. The smallest absolute Gasteiger partial charge is 0.169 e. The summed E-state index contributed by atoms with van der Waals surface area (Å²) in [5.41, 5.74) is 0. The fourth-order valence-electron chi connectivity index (χ4n) is 3.67. The van der Waals surface area contributed by atoms with Gasteiger partial charge in [-0.15, -0.1) is 0 Å². The van der Waals surface area contributed by atoms with E-state index in [1.807, 2.05) is 0 Å². The lowest BCUT2D eigenvalue weighted by Gasteiger charge is -2.11. The first-order chi connectivity index (χ1) is 30.5. The summed E-state index contributed by atoms with van der Waals surface area (Å²) in [6.45, 7) is 58.6. The Kier molecular flexibility index (Phi) is 133. The summed E-state index contributed by atoms with van der Waals surface area (Å²) in [4.78, 5) is 50.4. The maximum atomic E-state index is 9.99. The van der Waals surface area contributed by atoms with E-state index >= 15 is 0 Å². The first kappa shape index (κ1) is 96.0. The third-order valence-corrected chi connectivity index (χ3v) is 7.35. The predicted octanol–water partition coefficient (Wildman–Crippen LogP) is 7.83. The summed E-state index contributed by atoms with van der Waals surface area (Å²) in [6, 6.07) is 0. The van der Waals surface area contributed by atoms with E-state index in [-0.39, 0.29) is 0 Å². The second-order valence-electron chi connectivity index (χ2n) is 10.3. The van der Waals surface area contributed by atoms with Crippen LogP contribution in [0, 0.1) is 0 Å². The van der Waals surface area contributed by atoms with Crippen molar-refractivity contribution in [1.82, 2.24) is 0 Å². The van der Waals surface area contributed by atoms with E-state index in [0.29, 0.717) is 0 Å². The summed E-state index contributed by atoms with van der Waals surface area (Å²) in [7, 11) is -23.3. The molecule has 0 saturated heterocycles. The van der Waals surface area contributed by atoms with Gasteiger partial charge in [-0.1, -0.05) is 0 Å². The second kappa shape index (κ2) is 91.7. The van der Waals surface area contributed by atoms with E-state index in [9.17, 15) is 25.2 Å². The first-order valence-electron chi connectivity index (χ1n) is 21.5. The molecule has 30 heteroatoms. The number of rotatable bonds is 18. The molecule has 0 aromatic carbocycles. The van der Waals surface area contributed by atoms with E-state index in [0.717, 1.165) is 119 Å². The molecule has 0 spiro atoms. The second-order valence-corrected chi connectivity index (χ2v) is 13.1. The van der Waals surface area contributed by atoms with Crippen molar-refractivity contribution < 1.29 is 108 Å². The molecule has 0 radical (unpaired) electrons. The van der Waals surface area contributed by atoms with Crippen LogP contribution >= 0.6 is 50.0 Å². The van der Waals surface area contributed by atoms with Gasteiger partial charge >= 0.3 is 0 Å². The standard InChI is InChI=1S/6C6H15O.6FH2O2P/c6*1-4-7(5-2)6-3;6*1-4(2)3/h6*4-6H2,1-3H3;6*4H,(H,2,3)/q6*+1;;;;;;/p-6. The molecule has 0 saturated carbocycles. The average Bonchev–Trinajstić information content (AvgIpc) is 3.22. The molecule has 66 heavy (non-hydrogen) atoms. The summed E-state index contributed by atoms with van der Waals surface area (Å²) >= 11 is 0. The van der Waals surface area contributed by atoms with Crippen molar-refractivity contribution in [2.75, 3.05) is 119 Å². The zero-order valence-corrected chi connectivity index (χ0v) is 49.3. The Hall–Kier alpha value is 0.480. The molecule has 0 aromatic heterocycles. The van der Waals surface area contributed by atoms with Crippen LogP contribution in [0.5, 0.6) is 0 Å². The Balaban J connectivity index is -0.0000000486. The van der Waals surface area contributed by atoms with Crippen LogP contribution < -0.4 is 29.4 Å². The van der Waals surface area contributed by atoms with Crippen molar-refractivity contribution in [3.05, 3.63) is 0 Å². The molecule has 0 amide bonds. The molecule has 0 rings (SSSR count). The van der Waals surface area contributed by atoms with Crippen LogP contribution in [-0.2, 0) is 53.6 Å². The van der Waals surface area contributed by atoms with Crippen molar-refractivity contribution in [2.24, 2.45) is 0 Å². The highest BCUT2D eigenvalue weighted by Crippen LogP contribution is 2.05. The van der Waals surface area contributed by atoms with Crippen molar-refractivity contribution >= 4 is 50.0 Å². The van der Waals surface area contributed by atoms with Crippen LogP contribution in [0.25, 0.3) is 0 Å². The molecule has 0 aromatic rings. The van der Waals surface area contributed by atoms with Crippen LogP contribution in [0.3, 0.4) is 0 Å². The minimum atomic E-state index is -3.88. The van der Waals surface area contributed by atoms with E-state index in [1.165, 1.54) is 0 Å². The minimum Gasteiger partial charge on any atom is -0.777 e. The van der Waals surface area contributed by atoms with Gasteiger partial charge in [-0.25, -0.2) is 25.2 Å². The van der Waals surface area contributed by atoms with Gasteiger partial charge in [0.05, 0.1) is 0 Å². The van der Waals surface area contributed by atoms with Gasteiger partial charge in [0, 0.05) is 125 Å². The van der Waals surface area contributed by atoms with Gasteiger partial charge in [-0.3, -0.25) is 0 Å². The normalized spacial score (nSPS) is 12.2. The van der Waals surface area contributed by atoms with Gasteiger partial charge in [0.15, 0.2) is 50.0 Å². The summed E-state index contributed by atoms with van der Waals surface area (Å²) in [5.74, 6) is 0. The van der Waals surface area contributed by atoms with Gasteiger partial charge < -0.3 is 83.0 Å². The van der Waals surface area contributed by atoms with Crippen LogP contribution in [-0.4, -0.2) is 119 Å². The van der Waals surface area contributed by atoms with E-state index in [2.05, 4.69) is 151 Å². The Morgan fingerprint density at radius 2 is 0.242 bits per heavy atom. The molecule has 0 aliphatic carbocycles. The van der Waals surface area contributed by atoms with Crippen molar-refractivity contribution in [3.63, 3.8) is 0 Å². The Labute approximate surface area is 400 Å². The summed E-state index contributed by atoms with van der Waals surface area (Å²) < 4.78 is 129. The van der Waals surface area contributed by atoms with Crippen LogP contribution in [0.1, 0.15) is 125 Å². The summed E-state index contributed by atoms with van der Waals surface area (Å²) in [6.07, 6.45) is 0. The minimum absolute atomic E-state index is 1.10. The molecule has 0 fully saturated rings. The number of hydrogen-bond acceptors (Lipinski definition) is 12. The topological polar surface area (TPSA) is 257 Å². The average molecular weight is 1120 g/mol. The lowest BCUT2D eigenvalue weighted by Crippen LogP contribution is -2.11. The van der Waals surface area contributed by atoms with Crippen molar-refractivity contribution in [1.29, 1.82) is 0 Å². The van der Waals surface area contributed by atoms with Crippen LogP contribution in [0.4, 0.5) is 25.2 Å². The third kappa shape index (κ3) is 195. The molecular formula is C36H96F6O18P6. The molecular weight excluding hydrogens is 1020 g/mol. The lowest BCUT2D eigenvalue weighted by atomic mass is 10.7. The van der Waals surface area contributed by atoms with Gasteiger partial charge in [-0.05, 0) is 0 Å². The molecule has 18 nitrogen and oxygen atoms in total. The summed E-state index contributed by atoms with van der Waals surface area (Å²) in [5, 5.41) is 0. The van der Waals surface area contributed by atoms with E-state index in [4.69, 9.17) is 56.8 Å². The highest BCUT2D eigenvalue weighted by molar-refractivity contribution is 7.30. The molecule has 0 aliphatic heterocycles. The maximum Gasteiger partial charge on any atom is 0.169 e. The quantitative estimate of drug-likeness (QED) is 0.0723. The van der Waals surface area contributed by atoms with Crippen molar-refractivity contribution in [3.8, 4) is 0 Å². The van der Waals surface area contributed by atoms with Gasteiger partial charge in [0.2, 0.25) is 0 Å².